The monoisotopic (exact) mass is 263 g/mol. The smallest absolute Gasteiger partial charge is 0.200 e. The first-order valence-corrected chi connectivity index (χ1v) is 4.71. The van der Waals surface area contributed by atoms with Crippen molar-refractivity contribution in [1.82, 2.24) is 0 Å². The van der Waals surface area contributed by atoms with Gasteiger partial charge in [0.25, 0.3) is 0 Å². The second-order valence-corrected chi connectivity index (χ2v) is 3.57. The van der Waals surface area contributed by atoms with Crippen LogP contribution in [0.15, 0.2) is 0 Å². The molecule has 0 radical (unpaired) electrons. The van der Waals surface area contributed by atoms with E-state index in [2.05, 4.69) is 0 Å². The summed E-state index contributed by atoms with van der Waals surface area (Å²) >= 11 is 0. The number of nitrogens with zero attached hydrogens (tertiary/aromatic N) is 1. The van der Waals surface area contributed by atoms with E-state index in [9.17, 15) is 26.7 Å². The van der Waals surface area contributed by atoms with Crippen LogP contribution < -0.4 is 0 Å². The SMILES string of the molecule is CC(=O)CC(C#N)c1c(F)c(F)c(F)c(F)c1F. The maximum atomic E-state index is 13.3. The molecule has 0 heterocycles. The zero-order valence-corrected chi connectivity index (χ0v) is 9.03. The van der Waals surface area contributed by atoms with Gasteiger partial charge in [-0.05, 0) is 6.92 Å². The summed E-state index contributed by atoms with van der Waals surface area (Å²) < 4.78 is 65.1. The number of halogens is 5. The van der Waals surface area contributed by atoms with Crippen LogP contribution in [0.5, 0.6) is 0 Å². The van der Waals surface area contributed by atoms with Crippen LogP contribution >= 0.6 is 0 Å². The lowest BCUT2D eigenvalue weighted by molar-refractivity contribution is -0.117. The third kappa shape index (κ3) is 2.32. The quantitative estimate of drug-likeness (QED) is 0.478. The van der Waals surface area contributed by atoms with Crippen molar-refractivity contribution in [2.45, 2.75) is 19.3 Å². The zero-order chi connectivity index (χ0) is 14.0. The molecule has 0 amide bonds. The van der Waals surface area contributed by atoms with E-state index < -0.39 is 52.8 Å². The van der Waals surface area contributed by atoms with Crippen LogP contribution in [0, 0.1) is 40.4 Å². The highest BCUT2D eigenvalue weighted by molar-refractivity contribution is 5.77. The molecule has 0 fully saturated rings. The average Bonchev–Trinajstić information content (AvgIpc) is 2.32. The fourth-order valence-electron chi connectivity index (χ4n) is 1.43. The van der Waals surface area contributed by atoms with Crippen molar-refractivity contribution in [3.8, 4) is 6.07 Å². The zero-order valence-electron chi connectivity index (χ0n) is 9.03. The van der Waals surface area contributed by atoms with Crippen LogP contribution in [0.4, 0.5) is 22.0 Å². The first-order valence-electron chi connectivity index (χ1n) is 4.71. The van der Waals surface area contributed by atoms with Crippen molar-refractivity contribution in [2.75, 3.05) is 0 Å². The van der Waals surface area contributed by atoms with Crippen LogP contribution in [-0.2, 0) is 4.79 Å². The van der Waals surface area contributed by atoms with E-state index in [0.29, 0.717) is 0 Å². The molecule has 1 rings (SSSR count). The van der Waals surface area contributed by atoms with E-state index in [1.54, 1.807) is 0 Å². The maximum Gasteiger partial charge on any atom is 0.200 e. The lowest BCUT2D eigenvalue weighted by atomic mass is 9.94. The Labute approximate surface area is 98.6 Å². The third-order valence-electron chi connectivity index (χ3n) is 2.24. The summed E-state index contributed by atoms with van der Waals surface area (Å²) in [5, 5.41) is 8.65. The molecule has 0 aliphatic rings. The van der Waals surface area contributed by atoms with E-state index >= 15 is 0 Å². The Morgan fingerprint density at radius 3 is 1.78 bits per heavy atom. The van der Waals surface area contributed by atoms with Gasteiger partial charge in [-0.15, -0.1) is 0 Å². The Morgan fingerprint density at radius 2 is 1.44 bits per heavy atom. The van der Waals surface area contributed by atoms with Crippen molar-refractivity contribution >= 4 is 5.78 Å². The van der Waals surface area contributed by atoms with E-state index in [1.807, 2.05) is 0 Å². The molecule has 1 unspecified atom stereocenters. The highest BCUT2D eigenvalue weighted by atomic mass is 19.2. The first kappa shape index (κ1) is 14.1. The predicted molar refractivity (Wildman–Crippen MR) is 49.9 cm³/mol. The van der Waals surface area contributed by atoms with Crippen molar-refractivity contribution in [1.29, 1.82) is 5.26 Å². The summed E-state index contributed by atoms with van der Waals surface area (Å²) in [5.74, 6) is -13.1. The summed E-state index contributed by atoms with van der Waals surface area (Å²) in [5.41, 5.74) is -1.27. The molecule has 0 spiro atoms. The van der Waals surface area contributed by atoms with Gasteiger partial charge in [-0.25, -0.2) is 22.0 Å². The molecular weight excluding hydrogens is 257 g/mol. The highest BCUT2D eigenvalue weighted by Crippen LogP contribution is 2.30. The Morgan fingerprint density at radius 1 is 1.06 bits per heavy atom. The molecule has 0 aliphatic heterocycles. The van der Waals surface area contributed by atoms with Gasteiger partial charge in [-0.1, -0.05) is 0 Å². The van der Waals surface area contributed by atoms with Crippen molar-refractivity contribution in [3.63, 3.8) is 0 Å². The van der Waals surface area contributed by atoms with Crippen LogP contribution in [0.2, 0.25) is 0 Å². The number of hydrogen-bond donors (Lipinski definition) is 0. The van der Waals surface area contributed by atoms with E-state index in [4.69, 9.17) is 5.26 Å². The lowest BCUT2D eigenvalue weighted by Gasteiger charge is -2.11. The number of hydrogen-bond acceptors (Lipinski definition) is 2. The summed E-state index contributed by atoms with van der Waals surface area (Å²) in [4.78, 5) is 10.8. The molecule has 1 atom stereocenters. The second kappa shape index (κ2) is 5.12. The molecule has 0 saturated carbocycles. The Balaban J connectivity index is 3.50. The summed E-state index contributed by atoms with van der Waals surface area (Å²) in [6.45, 7) is 1.04. The Hall–Kier alpha value is -1.97. The number of benzene rings is 1. The normalized spacial score (nSPS) is 12.1. The van der Waals surface area contributed by atoms with Gasteiger partial charge >= 0.3 is 0 Å². The van der Waals surface area contributed by atoms with E-state index in [0.717, 1.165) is 6.92 Å². The minimum absolute atomic E-state index is 0.606. The van der Waals surface area contributed by atoms with Gasteiger partial charge in [-0.2, -0.15) is 5.26 Å². The topological polar surface area (TPSA) is 40.9 Å². The number of carbonyl (C=O) groups is 1. The van der Waals surface area contributed by atoms with Gasteiger partial charge in [-0.3, -0.25) is 4.79 Å². The molecule has 1 aromatic rings. The molecule has 96 valence electrons. The van der Waals surface area contributed by atoms with Crippen LogP contribution in [0.25, 0.3) is 0 Å². The number of nitriles is 1. The van der Waals surface area contributed by atoms with Gasteiger partial charge in [0.2, 0.25) is 5.82 Å². The molecule has 0 aromatic heterocycles. The lowest BCUT2D eigenvalue weighted by Crippen LogP contribution is -2.12. The summed E-state index contributed by atoms with van der Waals surface area (Å²) in [6.07, 6.45) is -0.630. The van der Waals surface area contributed by atoms with Crippen LogP contribution in [0.1, 0.15) is 24.8 Å². The Bertz CT molecular complexity index is 520. The van der Waals surface area contributed by atoms with E-state index in [1.165, 1.54) is 6.07 Å². The molecule has 0 N–H and O–H groups in total. The van der Waals surface area contributed by atoms with Gasteiger partial charge < -0.3 is 0 Å². The maximum absolute atomic E-state index is 13.3. The first-order chi connectivity index (χ1) is 8.31. The van der Waals surface area contributed by atoms with Gasteiger partial charge in [0, 0.05) is 12.0 Å². The predicted octanol–water partition coefficient (Wildman–Crippen LogP) is 2.97. The molecule has 0 bridgehead atoms. The van der Waals surface area contributed by atoms with Crippen LogP contribution in [0.3, 0.4) is 0 Å². The fourth-order valence-corrected chi connectivity index (χ4v) is 1.43. The molecule has 0 aliphatic carbocycles. The molecule has 7 heteroatoms. The number of Topliss-reactive ketones (excluding diaryl/α,β-unsaturated/α-hetero) is 1. The van der Waals surface area contributed by atoms with Gasteiger partial charge in [0.1, 0.15) is 5.78 Å². The minimum Gasteiger partial charge on any atom is -0.300 e. The number of rotatable bonds is 3. The molecule has 18 heavy (non-hydrogen) atoms. The largest absolute Gasteiger partial charge is 0.300 e. The van der Waals surface area contributed by atoms with Gasteiger partial charge in [0.15, 0.2) is 23.3 Å². The molecular formula is C11H6F5NO. The standard InChI is InChI=1S/C11H6F5NO/c1-4(18)2-5(3-17)6-7(12)9(14)11(16)10(15)8(6)13/h5H,2H2,1H3. The van der Waals surface area contributed by atoms with Crippen molar-refractivity contribution in [2.24, 2.45) is 0 Å². The highest BCUT2D eigenvalue weighted by Gasteiger charge is 2.30. The van der Waals surface area contributed by atoms with Crippen molar-refractivity contribution in [3.05, 3.63) is 34.6 Å². The summed E-state index contributed by atoms with van der Waals surface area (Å²) in [6, 6.07) is 1.35. The number of carbonyl (C=O) groups excluding carboxylic acids is 1. The second-order valence-electron chi connectivity index (χ2n) is 3.57. The van der Waals surface area contributed by atoms with Crippen molar-refractivity contribution < 1.29 is 26.7 Å². The average molecular weight is 263 g/mol. The third-order valence-corrected chi connectivity index (χ3v) is 2.24. The Kier molecular flexibility index (Phi) is 4.01. The van der Waals surface area contributed by atoms with E-state index in [-0.39, 0.29) is 0 Å². The van der Waals surface area contributed by atoms with Crippen LogP contribution in [-0.4, -0.2) is 5.78 Å². The molecule has 0 saturated heterocycles. The summed E-state index contributed by atoms with van der Waals surface area (Å²) in [7, 11) is 0. The van der Waals surface area contributed by atoms with Gasteiger partial charge in [0.05, 0.1) is 12.0 Å². The fraction of sp³-hybridized carbons (Fsp3) is 0.273. The molecule has 1 aromatic carbocycles. The minimum atomic E-state index is -2.30. The molecule has 2 nitrogen and oxygen atoms in total. The number of ketones is 1.